The molecule has 2 atom stereocenters. The van der Waals surface area contributed by atoms with E-state index >= 15 is 0 Å². The van der Waals surface area contributed by atoms with Gasteiger partial charge in [-0.05, 0) is 33.1 Å². The van der Waals surface area contributed by atoms with Gasteiger partial charge in [0.15, 0.2) is 0 Å². The lowest BCUT2D eigenvalue weighted by Gasteiger charge is -2.12. The van der Waals surface area contributed by atoms with E-state index in [1.165, 1.54) is 0 Å². The fraction of sp³-hybridized carbons (Fsp3) is 0.583. The molecule has 1 fully saturated rings. The molecule has 1 aromatic heterocycles. The van der Waals surface area contributed by atoms with Crippen LogP contribution in [0.15, 0.2) is 0 Å². The summed E-state index contributed by atoms with van der Waals surface area (Å²) in [5.41, 5.74) is 1.96. The molecular formula is C12H17N3O3. The molecule has 1 saturated carbocycles. The number of aromatic nitrogens is 2. The number of rotatable bonds is 3. The van der Waals surface area contributed by atoms with Crippen molar-refractivity contribution in [2.45, 2.75) is 39.2 Å². The number of carboxylic acids is 1. The Labute approximate surface area is 105 Å². The van der Waals surface area contributed by atoms with Crippen LogP contribution in [-0.2, 0) is 4.79 Å². The average molecular weight is 251 g/mol. The first-order valence-electron chi connectivity index (χ1n) is 6.04. The average Bonchev–Trinajstić information content (AvgIpc) is 2.86. The van der Waals surface area contributed by atoms with Crippen LogP contribution in [0.1, 0.15) is 41.0 Å². The topological polar surface area (TPSA) is 95.1 Å². The molecule has 0 radical (unpaired) electrons. The smallest absolute Gasteiger partial charge is 0.306 e. The summed E-state index contributed by atoms with van der Waals surface area (Å²) in [7, 11) is 0. The summed E-state index contributed by atoms with van der Waals surface area (Å²) >= 11 is 0. The monoisotopic (exact) mass is 251 g/mol. The second-order valence-electron chi connectivity index (χ2n) is 4.83. The lowest BCUT2D eigenvalue weighted by molar-refractivity contribution is -0.141. The Morgan fingerprint density at radius 2 is 2.11 bits per heavy atom. The number of aryl methyl sites for hydroxylation is 2. The van der Waals surface area contributed by atoms with E-state index in [0.717, 1.165) is 12.1 Å². The van der Waals surface area contributed by atoms with Crippen LogP contribution < -0.4 is 5.32 Å². The summed E-state index contributed by atoms with van der Waals surface area (Å²) in [5, 5.41) is 18.5. The minimum absolute atomic E-state index is 0.0488. The molecule has 1 amide bonds. The molecule has 0 aliphatic heterocycles. The Morgan fingerprint density at radius 3 is 2.61 bits per heavy atom. The van der Waals surface area contributed by atoms with Crippen LogP contribution in [0, 0.1) is 19.8 Å². The third-order valence-corrected chi connectivity index (χ3v) is 3.47. The maximum absolute atomic E-state index is 12.1. The Balaban J connectivity index is 1.99. The SMILES string of the molecule is Cc1n[nH]c(C)c1C(=O)NC1CCC(C(=O)O)C1. The molecule has 6 nitrogen and oxygen atoms in total. The van der Waals surface area contributed by atoms with Gasteiger partial charge >= 0.3 is 5.97 Å². The van der Waals surface area contributed by atoms with Crippen LogP contribution in [0.25, 0.3) is 0 Å². The normalized spacial score (nSPS) is 23.0. The van der Waals surface area contributed by atoms with Crippen LogP contribution in [0.3, 0.4) is 0 Å². The second-order valence-corrected chi connectivity index (χ2v) is 4.83. The number of amides is 1. The number of aromatic amines is 1. The zero-order chi connectivity index (χ0) is 13.3. The van der Waals surface area contributed by atoms with E-state index in [-0.39, 0.29) is 17.9 Å². The largest absolute Gasteiger partial charge is 0.481 e. The highest BCUT2D eigenvalue weighted by Gasteiger charge is 2.31. The third kappa shape index (κ3) is 2.37. The fourth-order valence-electron chi connectivity index (χ4n) is 2.48. The van der Waals surface area contributed by atoms with Gasteiger partial charge in [-0.25, -0.2) is 0 Å². The summed E-state index contributed by atoms with van der Waals surface area (Å²) in [6.45, 7) is 3.57. The molecule has 98 valence electrons. The van der Waals surface area contributed by atoms with Gasteiger partial charge in [0.25, 0.3) is 5.91 Å². The summed E-state index contributed by atoms with van der Waals surface area (Å²) in [4.78, 5) is 22.9. The molecule has 0 spiro atoms. The first-order chi connectivity index (χ1) is 8.49. The summed E-state index contributed by atoms with van der Waals surface area (Å²) in [5.74, 6) is -1.28. The summed E-state index contributed by atoms with van der Waals surface area (Å²) < 4.78 is 0. The zero-order valence-corrected chi connectivity index (χ0v) is 10.5. The van der Waals surface area contributed by atoms with Gasteiger partial charge in [-0.1, -0.05) is 0 Å². The minimum Gasteiger partial charge on any atom is -0.481 e. The second kappa shape index (κ2) is 4.80. The first-order valence-corrected chi connectivity index (χ1v) is 6.04. The lowest BCUT2D eigenvalue weighted by Crippen LogP contribution is -2.33. The van der Waals surface area contributed by atoms with Crippen molar-refractivity contribution in [2.24, 2.45) is 5.92 Å². The highest BCUT2D eigenvalue weighted by molar-refractivity contribution is 5.96. The van der Waals surface area contributed by atoms with E-state index in [0.29, 0.717) is 24.1 Å². The Bertz CT molecular complexity index is 461. The predicted molar refractivity (Wildman–Crippen MR) is 64.3 cm³/mol. The molecule has 2 rings (SSSR count). The number of H-pyrrole nitrogens is 1. The van der Waals surface area contributed by atoms with Gasteiger partial charge in [-0.3, -0.25) is 14.7 Å². The Hall–Kier alpha value is -1.85. The summed E-state index contributed by atoms with van der Waals surface area (Å²) in [6, 6.07) is -0.0488. The molecule has 6 heteroatoms. The number of hydrogen-bond donors (Lipinski definition) is 3. The van der Waals surface area contributed by atoms with Crippen molar-refractivity contribution >= 4 is 11.9 Å². The van der Waals surface area contributed by atoms with Gasteiger partial charge in [0, 0.05) is 11.7 Å². The van der Waals surface area contributed by atoms with Gasteiger partial charge < -0.3 is 10.4 Å². The van der Waals surface area contributed by atoms with E-state index in [4.69, 9.17) is 5.11 Å². The number of aliphatic carboxylic acids is 1. The van der Waals surface area contributed by atoms with E-state index in [9.17, 15) is 9.59 Å². The molecule has 18 heavy (non-hydrogen) atoms. The molecule has 0 bridgehead atoms. The fourth-order valence-corrected chi connectivity index (χ4v) is 2.48. The van der Waals surface area contributed by atoms with Gasteiger partial charge in [0.1, 0.15) is 0 Å². The molecule has 1 aliphatic carbocycles. The maximum Gasteiger partial charge on any atom is 0.306 e. The third-order valence-electron chi connectivity index (χ3n) is 3.47. The van der Waals surface area contributed by atoms with Crippen molar-refractivity contribution in [1.29, 1.82) is 0 Å². The van der Waals surface area contributed by atoms with E-state index in [1.54, 1.807) is 13.8 Å². The molecule has 1 heterocycles. The number of hydrogen-bond acceptors (Lipinski definition) is 3. The van der Waals surface area contributed by atoms with Gasteiger partial charge in [0.2, 0.25) is 0 Å². The molecule has 3 N–H and O–H groups in total. The van der Waals surface area contributed by atoms with Crippen molar-refractivity contribution in [3.63, 3.8) is 0 Å². The quantitative estimate of drug-likeness (QED) is 0.747. The van der Waals surface area contributed by atoms with Crippen molar-refractivity contribution in [3.05, 3.63) is 17.0 Å². The van der Waals surface area contributed by atoms with E-state index in [1.807, 2.05) is 0 Å². The Morgan fingerprint density at radius 1 is 1.39 bits per heavy atom. The number of carbonyl (C=O) groups is 2. The van der Waals surface area contributed by atoms with Crippen LogP contribution in [0.2, 0.25) is 0 Å². The lowest BCUT2D eigenvalue weighted by atomic mass is 10.1. The zero-order valence-electron chi connectivity index (χ0n) is 10.5. The predicted octanol–water partition coefficient (Wildman–Crippen LogP) is 1.01. The molecule has 1 aromatic rings. The highest BCUT2D eigenvalue weighted by atomic mass is 16.4. The first kappa shape index (κ1) is 12.6. The molecule has 2 unspecified atom stereocenters. The molecule has 0 saturated heterocycles. The van der Waals surface area contributed by atoms with Crippen LogP contribution >= 0.6 is 0 Å². The number of carbonyl (C=O) groups excluding carboxylic acids is 1. The van der Waals surface area contributed by atoms with Crippen molar-refractivity contribution in [2.75, 3.05) is 0 Å². The van der Waals surface area contributed by atoms with Crippen LogP contribution in [-0.4, -0.2) is 33.2 Å². The Kier molecular flexibility index (Phi) is 3.36. The maximum atomic E-state index is 12.1. The molecule has 1 aliphatic rings. The van der Waals surface area contributed by atoms with Crippen molar-refractivity contribution in [3.8, 4) is 0 Å². The standard InChI is InChI=1S/C12H17N3O3/c1-6-10(7(2)15-14-6)11(16)13-9-4-3-8(5-9)12(17)18/h8-9H,3-5H2,1-2H3,(H,13,16)(H,14,15)(H,17,18). The van der Waals surface area contributed by atoms with E-state index in [2.05, 4.69) is 15.5 Å². The van der Waals surface area contributed by atoms with Crippen molar-refractivity contribution < 1.29 is 14.7 Å². The minimum atomic E-state index is -0.776. The molecule has 0 aromatic carbocycles. The van der Waals surface area contributed by atoms with Gasteiger partial charge in [-0.2, -0.15) is 5.10 Å². The number of nitrogens with one attached hydrogen (secondary N) is 2. The number of carboxylic acid groups (broad SMARTS) is 1. The van der Waals surface area contributed by atoms with E-state index < -0.39 is 5.97 Å². The highest BCUT2D eigenvalue weighted by Crippen LogP contribution is 2.26. The number of nitrogens with zero attached hydrogens (tertiary/aromatic N) is 1. The van der Waals surface area contributed by atoms with Crippen LogP contribution in [0.5, 0.6) is 0 Å². The van der Waals surface area contributed by atoms with Gasteiger partial charge in [0.05, 0.1) is 17.2 Å². The van der Waals surface area contributed by atoms with Crippen molar-refractivity contribution in [1.82, 2.24) is 15.5 Å². The summed E-state index contributed by atoms with van der Waals surface area (Å²) in [6.07, 6.45) is 1.86. The molecular weight excluding hydrogens is 234 g/mol. The van der Waals surface area contributed by atoms with Crippen LogP contribution in [0.4, 0.5) is 0 Å². The van der Waals surface area contributed by atoms with Gasteiger partial charge in [-0.15, -0.1) is 0 Å².